The zero-order valence-electron chi connectivity index (χ0n) is 7.82. The minimum absolute atomic E-state index is 0.809. The molecule has 0 amide bonds. The topological polar surface area (TPSA) is 3.24 Å². The number of thioether (sulfide) groups is 2. The van der Waals surface area contributed by atoms with E-state index >= 15 is 0 Å². The van der Waals surface area contributed by atoms with Gasteiger partial charge in [-0.1, -0.05) is 6.92 Å². The molecule has 0 saturated carbocycles. The average molecular weight is 203 g/mol. The fourth-order valence-electron chi connectivity index (χ4n) is 2.02. The maximum Gasteiger partial charge on any atom is 0.0677 e. The van der Waals surface area contributed by atoms with Crippen molar-refractivity contribution in [2.24, 2.45) is 0 Å². The monoisotopic (exact) mass is 203 g/mol. The van der Waals surface area contributed by atoms with Gasteiger partial charge in [0.25, 0.3) is 0 Å². The predicted octanol–water partition coefficient (Wildman–Crippen LogP) is 2.28. The van der Waals surface area contributed by atoms with E-state index in [0.29, 0.717) is 0 Å². The van der Waals surface area contributed by atoms with Crippen molar-refractivity contribution >= 4 is 23.5 Å². The van der Waals surface area contributed by atoms with Gasteiger partial charge in [-0.3, -0.25) is 4.90 Å². The molecule has 3 unspecified atom stereocenters. The summed E-state index contributed by atoms with van der Waals surface area (Å²) in [5.74, 6) is 2.71. The van der Waals surface area contributed by atoms with E-state index < -0.39 is 0 Å². The Morgan fingerprint density at radius 2 is 2.08 bits per heavy atom. The zero-order chi connectivity index (χ0) is 8.55. The van der Waals surface area contributed by atoms with Gasteiger partial charge in [-0.25, -0.2) is 0 Å². The second-order valence-corrected chi connectivity index (χ2v) is 6.38. The smallest absolute Gasteiger partial charge is 0.0677 e. The summed E-state index contributed by atoms with van der Waals surface area (Å²) in [5, 5.41) is 1.65. The summed E-state index contributed by atoms with van der Waals surface area (Å²) >= 11 is 4.31. The first-order chi connectivity index (χ1) is 5.79. The molecule has 0 aromatic carbocycles. The summed E-state index contributed by atoms with van der Waals surface area (Å²) < 4.78 is 0. The molecule has 12 heavy (non-hydrogen) atoms. The van der Waals surface area contributed by atoms with Gasteiger partial charge in [-0.2, -0.15) is 11.8 Å². The highest BCUT2D eigenvalue weighted by Gasteiger charge is 2.35. The van der Waals surface area contributed by atoms with Gasteiger partial charge < -0.3 is 0 Å². The maximum absolute atomic E-state index is 2.70. The highest BCUT2D eigenvalue weighted by molar-refractivity contribution is 8.03. The van der Waals surface area contributed by atoms with Crippen LogP contribution in [0.2, 0.25) is 0 Å². The molecule has 1 nitrogen and oxygen atoms in total. The van der Waals surface area contributed by atoms with Crippen LogP contribution in [0.15, 0.2) is 0 Å². The third kappa shape index (κ3) is 1.64. The van der Waals surface area contributed by atoms with E-state index in [1.165, 1.54) is 24.5 Å². The average Bonchev–Trinajstić information content (AvgIpc) is 2.12. The van der Waals surface area contributed by atoms with Crippen molar-refractivity contribution in [3.63, 3.8) is 0 Å². The van der Waals surface area contributed by atoms with Gasteiger partial charge in [0.1, 0.15) is 0 Å². The van der Waals surface area contributed by atoms with Crippen LogP contribution >= 0.6 is 23.5 Å². The maximum atomic E-state index is 2.70. The molecule has 3 atom stereocenters. The van der Waals surface area contributed by atoms with Gasteiger partial charge in [-0.05, 0) is 19.1 Å². The summed E-state index contributed by atoms with van der Waals surface area (Å²) in [6, 6.07) is 0.809. The van der Waals surface area contributed by atoms with Gasteiger partial charge in [0, 0.05) is 23.6 Å². The van der Waals surface area contributed by atoms with Crippen LogP contribution in [0, 0.1) is 0 Å². The van der Waals surface area contributed by atoms with Gasteiger partial charge in [-0.15, -0.1) is 11.8 Å². The molecule has 0 aliphatic carbocycles. The van der Waals surface area contributed by atoms with Crippen molar-refractivity contribution in [2.45, 2.75) is 36.9 Å². The Labute approximate surface area is 83.7 Å². The van der Waals surface area contributed by atoms with Crippen molar-refractivity contribution in [1.29, 1.82) is 0 Å². The number of hydrogen-bond donors (Lipinski definition) is 0. The molecule has 2 saturated heterocycles. The second-order valence-electron chi connectivity index (χ2n) is 3.74. The van der Waals surface area contributed by atoms with E-state index in [1.54, 1.807) is 0 Å². The Morgan fingerprint density at radius 1 is 1.25 bits per heavy atom. The molecule has 0 bridgehead atoms. The Bertz CT molecular complexity index is 145. The molecule has 2 rings (SSSR count). The van der Waals surface area contributed by atoms with Gasteiger partial charge >= 0.3 is 0 Å². The quantitative estimate of drug-likeness (QED) is 0.594. The van der Waals surface area contributed by atoms with Crippen molar-refractivity contribution in [3.05, 3.63) is 0 Å². The standard InChI is InChI=1S/C9H17NS2/c1-7-6-12-8(2)9-10(7)4-3-5-11-9/h7-9H,3-6H2,1-2H3. The van der Waals surface area contributed by atoms with Crippen LogP contribution < -0.4 is 0 Å². The Balaban J connectivity index is 2.05. The fourth-order valence-corrected chi connectivity index (χ4v) is 4.90. The second kappa shape index (κ2) is 3.81. The van der Waals surface area contributed by atoms with Crippen LogP contribution in [0.5, 0.6) is 0 Å². The van der Waals surface area contributed by atoms with Crippen molar-refractivity contribution in [2.75, 3.05) is 18.1 Å². The SMILES string of the molecule is CC1SCC(C)N2CCCSC12. The van der Waals surface area contributed by atoms with Crippen molar-refractivity contribution in [3.8, 4) is 0 Å². The highest BCUT2D eigenvalue weighted by Crippen LogP contribution is 2.37. The van der Waals surface area contributed by atoms with Crippen LogP contribution in [0.4, 0.5) is 0 Å². The summed E-state index contributed by atoms with van der Waals surface area (Å²) in [4.78, 5) is 2.70. The van der Waals surface area contributed by atoms with Crippen LogP contribution in [-0.4, -0.2) is 39.6 Å². The Hall–Kier alpha value is 0.660. The minimum Gasteiger partial charge on any atom is -0.287 e. The van der Waals surface area contributed by atoms with Crippen molar-refractivity contribution in [1.82, 2.24) is 4.90 Å². The molecule has 2 fully saturated rings. The van der Waals surface area contributed by atoms with Crippen LogP contribution in [0.25, 0.3) is 0 Å². The summed E-state index contributed by atoms with van der Waals surface area (Å²) in [6.07, 6.45) is 1.39. The van der Waals surface area contributed by atoms with Crippen molar-refractivity contribution < 1.29 is 0 Å². The zero-order valence-corrected chi connectivity index (χ0v) is 9.46. The van der Waals surface area contributed by atoms with E-state index in [9.17, 15) is 0 Å². The largest absolute Gasteiger partial charge is 0.287 e. The van der Waals surface area contributed by atoms with E-state index in [1.807, 2.05) is 0 Å². The summed E-state index contributed by atoms with van der Waals surface area (Å²) in [6.45, 7) is 6.09. The normalized spacial score (nSPS) is 44.0. The summed E-state index contributed by atoms with van der Waals surface area (Å²) in [7, 11) is 0. The molecule has 0 spiro atoms. The van der Waals surface area contributed by atoms with E-state index in [2.05, 4.69) is 42.3 Å². The van der Waals surface area contributed by atoms with Crippen LogP contribution in [0.1, 0.15) is 20.3 Å². The predicted molar refractivity (Wildman–Crippen MR) is 59.0 cm³/mol. The Morgan fingerprint density at radius 3 is 2.83 bits per heavy atom. The van der Waals surface area contributed by atoms with Crippen LogP contribution in [0.3, 0.4) is 0 Å². The fraction of sp³-hybridized carbons (Fsp3) is 1.00. The van der Waals surface area contributed by atoms with Crippen LogP contribution in [-0.2, 0) is 0 Å². The molecule has 70 valence electrons. The lowest BCUT2D eigenvalue weighted by Gasteiger charge is -2.46. The van der Waals surface area contributed by atoms with E-state index in [0.717, 1.165) is 16.7 Å². The number of nitrogens with zero attached hydrogens (tertiary/aromatic N) is 1. The molecular formula is C9H17NS2. The molecule has 3 heteroatoms. The number of rotatable bonds is 0. The highest BCUT2D eigenvalue weighted by atomic mass is 32.2. The van der Waals surface area contributed by atoms with Gasteiger partial charge in [0.15, 0.2) is 0 Å². The lowest BCUT2D eigenvalue weighted by Crippen LogP contribution is -2.52. The molecule has 0 aromatic heterocycles. The molecule has 0 N–H and O–H groups in total. The van der Waals surface area contributed by atoms with Gasteiger partial charge in [0.2, 0.25) is 0 Å². The first-order valence-corrected chi connectivity index (χ1v) is 6.88. The third-order valence-corrected chi connectivity index (χ3v) is 5.92. The molecule has 2 heterocycles. The lowest BCUT2D eigenvalue weighted by atomic mass is 10.2. The molecular weight excluding hydrogens is 186 g/mol. The minimum atomic E-state index is 0.809. The summed E-state index contributed by atoms with van der Waals surface area (Å²) in [5.41, 5.74) is 0. The number of fused-ring (bicyclic) bond motifs is 1. The van der Waals surface area contributed by atoms with E-state index in [4.69, 9.17) is 0 Å². The first kappa shape index (κ1) is 9.22. The first-order valence-electron chi connectivity index (χ1n) is 4.78. The molecule has 0 radical (unpaired) electrons. The molecule has 0 aromatic rings. The van der Waals surface area contributed by atoms with Gasteiger partial charge in [0.05, 0.1) is 5.37 Å². The number of hydrogen-bond acceptors (Lipinski definition) is 3. The molecule has 2 aliphatic heterocycles. The molecule has 2 aliphatic rings. The Kier molecular flexibility index (Phi) is 2.93. The van der Waals surface area contributed by atoms with E-state index in [-0.39, 0.29) is 0 Å². The third-order valence-electron chi connectivity index (χ3n) is 2.74. The lowest BCUT2D eigenvalue weighted by molar-refractivity contribution is 0.193.